The molecule has 2 rings (SSSR count). The predicted octanol–water partition coefficient (Wildman–Crippen LogP) is 2.46. The van der Waals surface area contributed by atoms with E-state index in [-0.39, 0.29) is 17.5 Å². The molecule has 1 aromatic rings. The number of hydrogen-bond donors (Lipinski definition) is 1. The van der Waals surface area contributed by atoms with Crippen LogP contribution in [-0.4, -0.2) is 19.3 Å². The van der Waals surface area contributed by atoms with E-state index < -0.39 is 11.7 Å². The molecular weight excluding hydrogens is 235 g/mol. The molecule has 1 fully saturated rings. The number of nitrogens with two attached hydrogens (primary N) is 1. The molecule has 94 valence electrons. The van der Waals surface area contributed by atoms with Gasteiger partial charge in [0.2, 0.25) is 0 Å². The average molecular weight is 247 g/mol. The van der Waals surface area contributed by atoms with Crippen LogP contribution in [0.15, 0.2) is 18.2 Å². The van der Waals surface area contributed by atoms with Crippen molar-refractivity contribution >= 4 is 5.69 Å². The summed E-state index contributed by atoms with van der Waals surface area (Å²) in [6, 6.07) is 3.22. The molecule has 1 atom stereocenters. The van der Waals surface area contributed by atoms with Gasteiger partial charge in [-0.1, -0.05) is 0 Å². The van der Waals surface area contributed by atoms with E-state index in [2.05, 4.69) is 0 Å². The van der Waals surface area contributed by atoms with E-state index in [1.165, 1.54) is 6.07 Å². The van der Waals surface area contributed by atoms with Gasteiger partial charge in [-0.15, -0.1) is 0 Å². The van der Waals surface area contributed by atoms with Crippen molar-refractivity contribution in [1.29, 1.82) is 0 Å². The Balaban J connectivity index is 2.19. The molecule has 6 heteroatoms. The van der Waals surface area contributed by atoms with E-state index in [4.69, 9.17) is 15.2 Å². The summed E-state index contributed by atoms with van der Waals surface area (Å²) >= 11 is 0. The van der Waals surface area contributed by atoms with E-state index in [1.807, 2.05) is 0 Å². The number of rotatable bonds is 2. The quantitative estimate of drug-likeness (QED) is 0.816. The van der Waals surface area contributed by atoms with Crippen molar-refractivity contribution in [2.75, 3.05) is 18.9 Å². The molecule has 2 N–H and O–H groups in total. The van der Waals surface area contributed by atoms with Crippen LogP contribution >= 0.6 is 0 Å². The van der Waals surface area contributed by atoms with E-state index >= 15 is 0 Å². The molecule has 0 bridgehead atoms. The summed E-state index contributed by atoms with van der Waals surface area (Å²) in [4.78, 5) is 0. The van der Waals surface area contributed by atoms with Gasteiger partial charge < -0.3 is 15.2 Å². The van der Waals surface area contributed by atoms with Gasteiger partial charge in [0.1, 0.15) is 11.9 Å². The number of ether oxygens (including phenoxy) is 2. The highest BCUT2D eigenvalue weighted by molar-refractivity contribution is 5.48. The van der Waals surface area contributed by atoms with E-state index in [0.29, 0.717) is 19.6 Å². The van der Waals surface area contributed by atoms with Crippen LogP contribution in [0.1, 0.15) is 12.0 Å². The van der Waals surface area contributed by atoms with Crippen molar-refractivity contribution in [3.8, 4) is 5.75 Å². The molecule has 0 aliphatic carbocycles. The molecule has 1 aliphatic rings. The van der Waals surface area contributed by atoms with Gasteiger partial charge in [-0.2, -0.15) is 13.2 Å². The highest BCUT2D eigenvalue weighted by Crippen LogP contribution is 2.33. The Morgan fingerprint density at radius 2 is 2.06 bits per heavy atom. The van der Waals surface area contributed by atoms with Crippen molar-refractivity contribution in [1.82, 2.24) is 0 Å². The first-order chi connectivity index (χ1) is 7.95. The van der Waals surface area contributed by atoms with Gasteiger partial charge in [0.15, 0.2) is 0 Å². The Hall–Kier alpha value is -1.43. The lowest BCUT2D eigenvalue weighted by molar-refractivity contribution is -0.137. The minimum absolute atomic E-state index is 0.0359. The molecule has 3 nitrogen and oxygen atoms in total. The summed E-state index contributed by atoms with van der Waals surface area (Å²) in [5, 5.41) is 0. The molecule has 0 saturated carbocycles. The van der Waals surface area contributed by atoms with Crippen LogP contribution in [0.4, 0.5) is 18.9 Å². The molecule has 0 unspecified atom stereocenters. The third kappa shape index (κ3) is 3.03. The lowest BCUT2D eigenvalue weighted by Gasteiger charge is -2.14. The van der Waals surface area contributed by atoms with Crippen LogP contribution in [0, 0.1) is 0 Å². The van der Waals surface area contributed by atoms with Gasteiger partial charge in [-0.25, -0.2) is 0 Å². The minimum Gasteiger partial charge on any atom is -0.488 e. The van der Waals surface area contributed by atoms with Crippen LogP contribution in [0.2, 0.25) is 0 Å². The van der Waals surface area contributed by atoms with Crippen LogP contribution in [-0.2, 0) is 10.9 Å². The minimum atomic E-state index is -4.42. The number of hydrogen-bond acceptors (Lipinski definition) is 3. The molecule has 0 spiro atoms. The number of halogens is 3. The molecule has 1 aromatic carbocycles. The number of anilines is 1. The Bertz CT molecular complexity index is 400. The second-order valence-electron chi connectivity index (χ2n) is 3.89. The maximum absolute atomic E-state index is 12.5. The largest absolute Gasteiger partial charge is 0.488 e. The van der Waals surface area contributed by atoms with Gasteiger partial charge in [-0.05, 0) is 12.1 Å². The lowest BCUT2D eigenvalue weighted by Crippen LogP contribution is -2.16. The summed E-state index contributed by atoms with van der Waals surface area (Å²) in [7, 11) is 0. The summed E-state index contributed by atoms with van der Waals surface area (Å²) in [6.45, 7) is 0.968. The highest BCUT2D eigenvalue weighted by Gasteiger charge is 2.31. The van der Waals surface area contributed by atoms with Gasteiger partial charge in [0, 0.05) is 18.2 Å². The predicted molar refractivity (Wildman–Crippen MR) is 55.7 cm³/mol. The number of benzene rings is 1. The molecule has 1 aliphatic heterocycles. The van der Waals surface area contributed by atoms with Gasteiger partial charge in [-0.3, -0.25) is 0 Å². The van der Waals surface area contributed by atoms with E-state index in [1.54, 1.807) is 0 Å². The second-order valence-corrected chi connectivity index (χ2v) is 3.89. The third-order valence-electron chi connectivity index (χ3n) is 2.45. The maximum Gasteiger partial charge on any atom is 0.416 e. The first-order valence-electron chi connectivity index (χ1n) is 5.17. The summed E-state index contributed by atoms with van der Waals surface area (Å²) < 4.78 is 48.0. The SMILES string of the molecule is Nc1cc(O[C@H]2CCOC2)cc(C(F)(F)F)c1. The molecule has 1 saturated heterocycles. The zero-order valence-corrected chi connectivity index (χ0v) is 8.96. The fourth-order valence-corrected chi connectivity index (χ4v) is 1.65. The van der Waals surface area contributed by atoms with Gasteiger partial charge >= 0.3 is 6.18 Å². The average Bonchev–Trinajstić information content (AvgIpc) is 2.68. The lowest BCUT2D eigenvalue weighted by atomic mass is 10.2. The van der Waals surface area contributed by atoms with Crippen molar-refractivity contribution in [2.45, 2.75) is 18.7 Å². The van der Waals surface area contributed by atoms with Crippen LogP contribution in [0.3, 0.4) is 0 Å². The van der Waals surface area contributed by atoms with Crippen LogP contribution < -0.4 is 10.5 Å². The Kier molecular flexibility index (Phi) is 3.15. The number of nitrogen functional groups attached to an aromatic ring is 1. The van der Waals surface area contributed by atoms with Gasteiger partial charge in [0.25, 0.3) is 0 Å². The van der Waals surface area contributed by atoms with Crippen molar-refractivity contribution in [3.05, 3.63) is 23.8 Å². The highest BCUT2D eigenvalue weighted by atomic mass is 19.4. The number of alkyl halides is 3. The Morgan fingerprint density at radius 1 is 1.29 bits per heavy atom. The van der Waals surface area contributed by atoms with Crippen molar-refractivity contribution in [3.63, 3.8) is 0 Å². The van der Waals surface area contributed by atoms with E-state index in [0.717, 1.165) is 12.1 Å². The third-order valence-corrected chi connectivity index (χ3v) is 2.45. The second kappa shape index (κ2) is 4.44. The summed E-state index contributed by atoms with van der Waals surface area (Å²) in [5.74, 6) is 0.132. The fraction of sp³-hybridized carbons (Fsp3) is 0.455. The summed E-state index contributed by atoms with van der Waals surface area (Å²) in [6.07, 6.45) is -3.94. The molecule has 1 heterocycles. The Morgan fingerprint density at radius 3 is 2.65 bits per heavy atom. The zero-order chi connectivity index (χ0) is 12.5. The first kappa shape index (κ1) is 12.0. The first-order valence-corrected chi connectivity index (χ1v) is 5.17. The molecule has 17 heavy (non-hydrogen) atoms. The normalized spacial score (nSPS) is 20.5. The van der Waals surface area contributed by atoms with Gasteiger partial charge in [0.05, 0.1) is 18.8 Å². The standard InChI is InChI=1S/C11H12F3NO2/c12-11(13,14)7-3-8(15)5-10(4-7)17-9-1-2-16-6-9/h3-5,9H,1-2,6,15H2/t9-/m0/s1. The summed E-state index contributed by atoms with van der Waals surface area (Å²) in [5.41, 5.74) is 4.66. The van der Waals surface area contributed by atoms with Crippen molar-refractivity contribution in [2.24, 2.45) is 0 Å². The maximum atomic E-state index is 12.5. The Labute approximate surface area is 96.3 Å². The van der Waals surface area contributed by atoms with Crippen LogP contribution in [0.25, 0.3) is 0 Å². The smallest absolute Gasteiger partial charge is 0.416 e. The molecule has 0 radical (unpaired) electrons. The molecular formula is C11H12F3NO2. The van der Waals surface area contributed by atoms with Crippen LogP contribution in [0.5, 0.6) is 5.75 Å². The van der Waals surface area contributed by atoms with E-state index in [9.17, 15) is 13.2 Å². The topological polar surface area (TPSA) is 44.5 Å². The molecule has 0 aromatic heterocycles. The molecule has 0 amide bonds. The van der Waals surface area contributed by atoms with Crippen molar-refractivity contribution < 1.29 is 22.6 Å². The fourth-order valence-electron chi connectivity index (χ4n) is 1.65. The zero-order valence-electron chi connectivity index (χ0n) is 8.96. The monoisotopic (exact) mass is 247 g/mol.